The molecule has 240 valence electrons. The summed E-state index contributed by atoms with van der Waals surface area (Å²) in [5.41, 5.74) is 5.42. The lowest BCUT2D eigenvalue weighted by atomic mass is 9.95. The Bertz CT molecular complexity index is 2610. The number of allylic oxidation sites excluding steroid dienone is 1. The highest BCUT2D eigenvalue weighted by molar-refractivity contribution is 7.07. The number of benzene rings is 5. The van der Waals surface area contributed by atoms with Gasteiger partial charge in [0.2, 0.25) is 0 Å². The Labute approximate surface area is 286 Å². The van der Waals surface area contributed by atoms with Crippen LogP contribution < -0.4 is 24.9 Å². The maximum absolute atomic E-state index is 14.5. The van der Waals surface area contributed by atoms with Gasteiger partial charge in [0.15, 0.2) is 4.80 Å². The molecule has 1 atom stereocenters. The van der Waals surface area contributed by atoms with Crippen LogP contribution in [0.3, 0.4) is 0 Å². The highest BCUT2D eigenvalue weighted by Crippen LogP contribution is 2.33. The SMILES string of the molecule is COc1cccc([C@H]2C(C(=O)Nc3ccccc3)=C(C)N=c3s/c(=C\c4cn(Cc5cccc6ccccc56)c5ccccc45)c(=O)n32)c1. The number of hydrogen-bond donors (Lipinski definition) is 1. The van der Waals surface area contributed by atoms with Crippen molar-refractivity contribution in [1.82, 2.24) is 9.13 Å². The zero-order valence-electron chi connectivity index (χ0n) is 27.0. The highest BCUT2D eigenvalue weighted by Gasteiger charge is 2.33. The molecule has 0 radical (unpaired) electrons. The maximum Gasteiger partial charge on any atom is 0.271 e. The first-order valence-corrected chi connectivity index (χ1v) is 16.9. The average Bonchev–Trinajstić information content (AvgIpc) is 3.63. The summed E-state index contributed by atoms with van der Waals surface area (Å²) >= 11 is 1.33. The minimum atomic E-state index is -0.704. The van der Waals surface area contributed by atoms with Gasteiger partial charge in [0.1, 0.15) is 5.75 Å². The first-order chi connectivity index (χ1) is 24.0. The standard InChI is InChI=1S/C41H32N4O3S/c1-26-37(39(46)43-31-16-4-3-5-17-31)38(28-14-11-18-32(22-28)48-2)45-40(47)36(49-41(45)42-26)23-30-25-44(35-21-9-8-20-34(30)35)24-29-15-10-13-27-12-6-7-19-33(27)29/h3-23,25,38H,24H2,1-2H3,(H,43,46)/b36-23-/t38-/m0/s1. The van der Waals surface area contributed by atoms with Crippen molar-refractivity contribution in [3.8, 4) is 5.75 Å². The molecule has 0 unspecified atom stereocenters. The number of anilines is 1. The molecule has 2 aromatic heterocycles. The van der Waals surface area contributed by atoms with Gasteiger partial charge < -0.3 is 14.6 Å². The molecular weight excluding hydrogens is 629 g/mol. The van der Waals surface area contributed by atoms with Gasteiger partial charge in [0, 0.05) is 34.9 Å². The van der Waals surface area contributed by atoms with Gasteiger partial charge in [-0.15, -0.1) is 0 Å². The number of methoxy groups -OCH3 is 1. The van der Waals surface area contributed by atoms with Crippen molar-refractivity contribution in [2.75, 3.05) is 12.4 Å². The van der Waals surface area contributed by atoms with Crippen molar-refractivity contribution in [2.24, 2.45) is 4.99 Å². The van der Waals surface area contributed by atoms with E-state index in [0.29, 0.717) is 38.6 Å². The van der Waals surface area contributed by atoms with Crippen molar-refractivity contribution < 1.29 is 9.53 Å². The third-order valence-corrected chi connectivity index (χ3v) is 10.0. The second-order valence-corrected chi connectivity index (χ2v) is 13.1. The largest absolute Gasteiger partial charge is 0.497 e. The summed E-state index contributed by atoms with van der Waals surface area (Å²) < 4.78 is 9.97. The summed E-state index contributed by atoms with van der Waals surface area (Å²) in [6.07, 6.45) is 4.08. The van der Waals surface area contributed by atoms with Crippen LogP contribution in [0.5, 0.6) is 5.75 Å². The molecule has 0 fully saturated rings. The molecular formula is C41H32N4O3S. The Morgan fingerprint density at radius 1 is 0.898 bits per heavy atom. The molecule has 7 aromatic rings. The van der Waals surface area contributed by atoms with Crippen LogP contribution in [0.4, 0.5) is 5.69 Å². The van der Waals surface area contributed by atoms with Gasteiger partial charge in [-0.05, 0) is 65.2 Å². The lowest BCUT2D eigenvalue weighted by molar-refractivity contribution is -0.113. The van der Waals surface area contributed by atoms with Gasteiger partial charge in [-0.3, -0.25) is 14.2 Å². The summed E-state index contributed by atoms with van der Waals surface area (Å²) in [5, 5.41) is 6.49. The number of hydrogen-bond acceptors (Lipinski definition) is 5. The Morgan fingerprint density at radius 2 is 1.63 bits per heavy atom. The molecule has 1 aliphatic heterocycles. The summed E-state index contributed by atoms with van der Waals surface area (Å²) in [4.78, 5) is 33.8. The number of aromatic nitrogens is 2. The molecule has 1 aliphatic rings. The quantitative estimate of drug-likeness (QED) is 0.199. The Balaban J connectivity index is 1.26. The van der Waals surface area contributed by atoms with Crippen molar-refractivity contribution in [3.63, 3.8) is 0 Å². The lowest BCUT2D eigenvalue weighted by Crippen LogP contribution is -2.40. The predicted molar refractivity (Wildman–Crippen MR) is 197 cm³/mol. The van der Waals surface area contributed by atoms with Gasteiger partial charge in [-0.2, -0.15) is 0 Å². The Kier molecular flexibility index (Phi) is 7.78. The zero-order chi connectivity index (χ0) is 33.5. The van der Waals surface area contributed by atoms with E-state index < -0.39 is 6.04 Å². The van der Waals surface area contributed by atoms with Crippen LogP contribution >= 0.6 is 11.3 Å². The van der Waals surface area contributed by atoms with Gasteiger partial charge in [0.05, 0.1) is 29.0 Å². The number of ether oxygens (including phenoxy) is 1. The van der Waals surface area contributed by atoms with Crippen LogP contribution in [-0.2, 0) is 11.3 Å². The molecule has 0 saturated carbocycles. The summed E-state index contributed by atoms with van der Waals surface area (Å²) in [7, 11) is 1.60. The molecule has 0 saturated heterocycles. The number of fused-ring (bicyclic) bond motifs is 3. The molecule has 1 N–H and O–H groups in total. The van der Waals surface area contributed by atoms with E-state index in [-0.39, 0.29) is 11.5 Å². The van der Waals surface area contributed by atoms with Gasteiger partial charge in [-0.25, -0.2) is 4.99 Å². The molecule has 0 bridgehead atoms. The first kappa shape index (κ1) is 30.4. The van der Waals surface area contributed by atoms with Gasteiger partial charge in [0.25, 0.3) is 11.5 Å². The molecule has 8 heteroatoms. The monoisotopic (exact) mass is 660 g/mol. The van der Waals surface area contributed by atoms with Crippen molar-refractivity contribution in [1.29, 1.82) is 0 Å². The molecule has 0 aliphatic carbocycles. The third kappa shape index (κ3) is 5.56. The minimum Gasteiger partial charge on any atom is -0.497 e. The fraction of sp³-hybridized carbons (Fsp3) is 0.0976. The van der Waals surface area contributed by atoms with Crippen LogP contribution in [0.1, 0.15) is 29.7 Å². The number of carbonyl (C=O) groups excluding carboxylic acids is 1. The number of nitrogens with zero attached hydrogens (tertiary/aromatic N) is 3. The van der Waals surface area contributed by atoms with Crippen molar-refractivity contribution >= 4 is 50.7 Å². The Hall–Kier alpha value is -5.99. The van der Waals surface area contributed by atoms with Crippen LogP contribution in [0.15, 0.2) is 149 Å². The number of carbonyl (C=O) groups is 1. The third-order valence-electron chi connectivity index (χ3n) is 9.03. The maximum atomic E-state index is 14.5. The number of amides is 1. The summed E-state index contributed by atoms with van der Waals surface area (Å²) in [5.74, 6) is 0.321. The molecule has 0 spiro atoms. The molecule has 7 nitrogen and oxygen atoms in total. The first-order valence-electron chi connectivity index (χ1n) is 16.1. The number of para-hydroxylation sites is 2. The van der Waals surface area contributed by atoms with Crippen LogP contribution in [0.25, 0.3) is 27.8 Å². The number of thiazole rings is 1. The van der Waals surface area contributed by atoms with Gasteiger partial charge in [-0.1, -0.05) is 102 Å². The molecule has 49 heavy (non-hydrogen) atoms. The zero-order valence-corrected chi connectivity index (χ0v) is 27.8. The summed E-state index contributed by atoms with van der Waals surface area (Å²) in [6.45, 7) is 2.51. The molecule has 1 amide bonds. The fourth-order valence-electron chi connectivity index (χ4n) is 6.73. The average molecular weight is 661 g/mol. The van der Waals surface area contributed by atoms with E-state index in [0.717, 1.165) is 22.0 Å². The molecule has 3 heterocycles. The topological polar surface area (TPSA) is 77.6 Å². The van der Waals surface area contributed by atoms with Gasteiger partial charge >= 0.3 is 0 Å². The fourth-order valence-corrected chi connectivity index (χ4v) is 7.77. The molecule has 5 aromatic carbocycles. The van der Waals surface area contributed by atoms with Crippen molar-refractivity contribution in [3.05, 3.63) is 175 Å². The van der Waals surface area contributed by atoms with E-state index in [1.165, 1.54) is 27.7 Å². The molecule has 8 rings (SSSR count). The van der Waals surface area contributed by atoms with Crippen LogP contribution in [0, 0.1) is 0 Å². The minimum absolute atomic E-state index is 0.208. The van der Waals surface area contributed by atoms with E-state index in [2.05, 4.69) is 70.7 Å². The van der Waals surface area contributed by atoms with E-state index in [9.17, 15) is 9.59 Å². The summed E-state index contributed by atoms with van der Waals surface area (Å²) in [6, 6.07) is 39.2. The number of rotatable bonds is 7. The van der Waals surface area contributed by atoms with E-state index >= 15 is 0 Å². The smallest absolute Gasteiger partial charge is 0.271 e. The highest BCUT2D eigenvalue weighted by atomic mass is 32.1. The van der Waals surface area contributed by atoms with E-state index in [1.807, 2.05) is 79.7 Å². The van der Waals surface area contributed by atoms with Crippen LogP contribution in [0.2, 0.25) is 0 Å². The second-order valence-electron chi connectivity index (χ2n) is 12.0. The Morgan fingerprint density at radius 3 is 2.47 bits per heavy atom. The number of nitrogens with one attached hydrogen (secondary N) is 1. The van der Waals surface area contributed by atoms with E-state index in [1.54, 1.807) is 11.7 Å². The second kappa shape index (κ2) is 12.6. The van der Waals surface area contributed by atoms with Crippen molar-refractivity contribution in [2.45, 2.75) is 19.5 Å². The lowest BCUT2D eigenvalue weighted by Gasteiger charge is -2.25. The normalized spacial score (nSPS) is 14.6. The predicted octanol–water partition coefficient (Wildman–Crippen LogP) is 7.04. The van der Waals surface area contributed by atoms with E-state index in [4.69, 9.17) is 9.73 Å². The van der Waals surface area contributed by atoms with Crippen LogP contribution in [-0.4, -0.2) is 22.2 Å².